The minimum atomic E-state index is 0.672. The fourth-order valence-corrected chi connectivity index (χ4v) is 3.99. The van der Waals surface area contributed by atoms with Crippen LogP contribution in [0.2, 0.25) is 0 Å². The highest BCUT2D eigenvalue weighted by molar-refractivity contribution is 7.17. The number of thiophene rings is 1. The van der Waals surface area contributed by atoms with E-state index in [9.17, 15) is 0 Å². The minimum absolute atomic E-state index is 0.672. The second-order valence-electron chi connectivity index (χ2n) is 6.17. The van der Waals surface area contributed by atoms with Gasteiger partial charge in [-0.25, -0.2) is 0 Å². The molecule has 19 heavy (non-hydrogen) atoms. The van der Waals surface area contributed by atoms with Crippen LogP contribution in [-0.4, -0.2) is 6.04 Å². The third-order valence-corrected chi connectivity index (χ3v) is 5.44. The molecule has 1 aromatic carbocycles. The van der Waals surface area contributed by atoms with Crippen molar-refractivity contribution in [3.63, 3.8) is 0 Å². The van der Waals surface area contributed by atoms with E-state index >= 15 is 0 Å². The molecule has 2 aromatic rings. The average Bonchev–Trinajstić information content (AvgIpc) is 2.87. The van der Waals surface area contributed by atoms with Gasteiger partial charge in [0.05, 0.1) is 0 Å². The van der Waals surface area contributed by atoms with Gasteiger partial charge in [0.25, 0.3) is 0 Å². The van der Waals surface area contributed by atoms with Crippen LogP contribution in [0.15, 0.2) is 29.6 Å². The highest BCUT2D eigenvalue weighted by Crippen LogP contribution is 2.32. The summed E-state index contributed by atoms with van der Waals surface area (Å²) < 4.78 is 1.38. The molecule has 0 saturated heterocycles. The Hall–Kier alpha value is -1.02. The summed E-state index contributed by atoms with van der Waals surface area (Å²) in [6, 6.07) is 9.64. The smallest absolute Gasteiger partial charge is 0.0349 e. The standard InChI is InChI=1S/C17H23NS/c1-12(2)13-3-5-15(6-4-13)18-16-7-8-17-14(11-16)9-10-19-17/h7-13,15,18H,3-6H2,1-2H3. The van der Waals surface area contributed by atoms with Crippen molar-refractivity contribution < 1.29 is 0 Å². The van der Waals surface area contributed by atoms with Gasteiger partial charge in [-0.1, -0.05) is 13.8 Å². The molecule has 1 heterocycles. The van der Waals surface area contributed by atoms with Gasteiger partial charge >= 0.3 is 0 Å². The van der Waals surface area contributed by atoms with Gasteiger partial charge < -0.3 is 5.32 Å². The Morgan fingerprint density at radius 3 is 2.63 bits per heavy atom. The Labute approximate surface area is 120 Å². The van der Waals surface area contributed by atoms with E-state index < -0.39 is 0 Å². The summed E-state index contributed by atoms with van der Waals surface area (Å²) in [4.78, 5) is 0. The number of hydrogen-bond donors (Lipinski definition) is 1. The molecular formula is C17H23NS. The van der Waals surface area contributed by atoms with Crippen LogP contribution < -0.4 is 5.32 Å². The molecule has 102 valence electrons. The average molecular weight is 273 g/mol. The van der Waals surface area contributed by atoms with Gasteiger partial charge in [0, 0.05) is 16.4 Å². The first kappa shape index (κ1) is 13.0. The summed E-state index contributed by atoms with van der Waals surface area (Å²) in [7, 11) is 0. The van der Waals surface area contributed by atoms with Crippen LogP contribution in [-0.2, 0) is 0 Å². The topological polar surface area (TPSA) is 12.0 Å². The van der Waals surface area contributed by atoms with Crippen LogP contribution >= 0.6 is 11.3 Å². The van der Waals surface area contributed by atoms with Crippen molar-refractivity contribution in [3.05, 3.63) is 29.6 Å². The summed E-state index contributed by atoms with van der Waals surface area (Å²) in [6.07, 6.45) is 5.42. The van der Waals surface area contributed by atoms with Crippen molar-refractivity contribution in [2.45, 2.75) is 45.6 Å². The number of hydrogen-bond acceptors (Lipinski definition) is 2. The normalized spacial score (nSPS) is 23.9. The molecule has 0 amide bonds. The fraction of sp³-hybridized carbons (Fsp3) is 0.529. The Bertz CT molecular complexity index is 535. The minimum Gasteiger partial charge on any atom is -0.382 e. The molecule has 0 unspecified atom stereocenters. The number of anilines is 1. The number of benzene rings is 1. The van der Waals surface area contributed by atoms with Gasteiger partial charge in [-0.05, 0) is 72.6 Å². The molecule has 1 aliphatic carbocycles. The molecule has 0 aliphatic heterocycles. The lowest BCUT2D eigenvalue weighted by Gasteiger charge is -2.31. The maximum atomic E-state index is 3.73. The zero-order chi connectivity index (χ0) is 13.2. The largest absolute Gasteiger partial charge is 0.382 e. The lowest BCUT2D eigenvalue weighted by atomic mass is 9.79. The first-order valence-corrected chi connectivity index (χ1v) is 8.34. The molecule has 1 fully saturated rings. The molecule has 0 radical (unpaired) electrons. The number of fused-ring (bicyclic) bond motifs is 1. The highest BCUT2D eigenvalue weighted by Gasteiger charge is 2.22. The highest BCUT2D eigenvalue weighted by atomic mass is 32.1. The van der Waals surface area contributed by atoms with Gasteiger partial charge in [-0.2, -0.15) is 0 Å². The van der Waals surface area contributed by atoms with Crippen LogP contribution in [0.25, 0.3) is 10.1 Å². The summed E-state index contributed by atoms with van der Waals surface area (Å²) in [6.45, 7) is 4.73. The Kier molecular flexibility index (Phi) is 3.79. The Morgan fingerprint density at radius 2 is 1.89 bits per heavy atom. The maximum absolute atomic E-state index is 3.73. The third-order valence-electron chi connectivity index (χ3n) is 4.54. The monoisotopic (exact) mass is 273 g/mol. The molecule has 1 aliphatic rings. The van der Waals surface area contributed by atoms with E-state index in [0.717, 1.165) is 11.8 Å². The van der Waals surface area contributed by atoms with Gasteiger partial charge in [0.1, 0.15) is 0 Å². The molecular weight excluding hydrogens is 250 g/mol. The van der Waals surface area contributed by atoms with Crippen molar-refractivity contribution in [2.75, 3.05) is 5.32 Å². The van der Waals surface area contributed by atoms with Crippen molar-refractivity contribution in [1.82, 2.24) is 0 Å². The summed E-state index contributed by atoms with van der Waals surface area (Å²) in [5.74, 6) is 1.79. The molecule has 1 aromatic heterocycles. The van der Waals surface area contributed by atoms with Gasteiger partial charge in [0.2, 0.25) is 0 Å². The fourth-order valence-electron chi connectivity index (χ4n) is 3.22. The second kappa shape index (κ2) is 5.54. The summed E-state index contributed by atoms with van der Waals surface area (Å²) in [5.41, 5.74) is 1.29. The van der Waals surface area contributed by atoms with Crippen LogP contribution in [0.5, 0.6) is 0 Å². The predicted octanol–water partition coefficient (Wildman–Crippen LogP) is 5.53. The van der Waals surface area contributed by atoms with Crippen LogP contribution in [0, 0.1) is 11.8 Å². The summed E-state index contributed by atoms with van der Waals surface area (Å²) in [5, 5.41) is 7.26. The number of nitrogens with one attached hydrogen (secondary N) is 1. The van der Waals surface area contributed by atoms with E-state index in [1.165, 1.54) is 41.5 Å². The first-order chi connectivity index (χ1) is 9.22. The Balaban J connectivity index is 1.62. The predicted molar refractivity (Wildman–Crippen MR) is 86.0 cm³/mol. The lowest BCUT2D eigenvalue weighted by molar-refractivity contribution is 0.267. The third kappa shape index (κ3) is 2.94. The van der Waals surface area contributed by atoms with E-state index in [4.69, 9.17) is 0 Å². The lowest BCUT2D eigenvalue weighted by Crippen LogP contribution is -2.27. The quantitative estimate of drug-likeness (QED) is 0.775. The molecule has 0 spiro atoms. The molecule has 1 nitrogen and oxygen atoms in total. The second-order valence-corrected chi connectivity index (χ2v) is 7.12. The summed E-state index contributed by atoms with van der Waals surface area (Å²) >= 11 is 1.82. The zero-order valence-electron chi connectivity index (χ0n) is 11.9. The molecule has 0 atom stereocenters. The molecule has 0 bridgehead atoms. The SMILES string of the molecule is CC(C)C1CCC(Nc2ccc3sccc3c2)CC1. The van der Waals surface area contributed by atoms with E-state index in [1.54, 1.807) is 0 Å². The molecule has 1 saturated carbocycles. The van der Waals surface area contributed by atoms with Crippen molar-refractivity contribution in [2.24, 2.45) is 11.8 Å². The zero-order valence-corrected chi connectivity index (χ0v) is 12.7. The number of rotatable bonds is 3. The van der Waals surface area contributed by atoms with Gasteiger partial charge in [-0.3, -0.25) is 0 Å². The van der Waals surface area contributed by atoms with E-state index in [0.29, 0.717) is 6.04 Å². The van der Waals surface area contributed by atoms with Crippen molar-refractivity contribution >= 4 is 27.1 Å². The van der Waals surface area contributed by atoms with E-state index in [2.05, 4.69) is 48.8 Å². The van der Waals surface area contributed by atoms with Crippen LogP contribution in [0.3, 0.4) is 0 Å². The van der Waals surface area contributed by atoms with E-state index in [-0.39, 0.29) is 0 Å². The van der Waals surface area contributed by atoms with Crippen molar-refractivity contribution in [1.29, 1.82) is 0 Å². The van der Waals surface area contributed by atoms with Gasteiger partial charge in [-0.15, -0.1) is 11.3 Å². The molecule has 2 heteroatoms. The maximum Gasteiger partial charge on any atom is 0.0349 e. The first-order valence-electron chi connectivity index (χ1n) is 7.46. The Morgan fingerprint density at radius 1 is 1.11 bits per heavy atom. The van der Waals surface area contributed by atoms with Crippen LogP contribution in [0.1, 0.15) is 39.5 Å². The molecule has 3 rings (SSSR count). The van der Waals surface area contributed by atoms with Gasteiger partial charge in [0.15, 0.2) is 0 Å². The van der Waals surface area contributed by atoms with Crippen LogP contribution in [0.4, 0.5) is 5.69 Å². The van der Waals surface area contributed by atoms with Crippen molar-refractivity contribution in [3.8, 4) is 0 Å². The van der Waals surface area contributed by atoms with E-state index in [1.807, 2.05) is 11.3 Å². The molecule has 1 N–H and O–H groups in total.